The fourth-order valence-electron chi connectivity index (χ4n) is 2.79. The monoisotopic (exact) mass is 286 g/mol. The van der Waals surface area contributed by atoms with Crippen molar-refractivity contribution in [3.8, 4) is 6.07 Å². The molecule has 1 aliphatic heterocycles. The maximum absolute atomic E-state index is 8.96. The number of aromatic nitrogens is 1. The Kier molecular flexibility index (Phi) is 5.33. The zero-order valence-electron chi connectivity index (χ0n) is 13.4. The van der Waals surface area contributed by atoms with Gasteiger partial charge < -0.3 is 5.32 Å². The van der Waals surface area contributed by atoms with Gasteiger partial charge in [-0.25, -0.2) is 4.98 Å². The predicted octanol–water partition coefficient (Wildman–Crippen LogP) is 2.70. The lowest BCUT2D eigenvalue weighted by Gasteiger charge is -2.37. The highest BCUT2D eigenvalue weighted by atomic mass is 15.2. The second-order valence-corrected chi connectivity index (χ2v) is 6.91. The van der Waals surface area contributed by atoms with Crippen molar-refractivity contribution in [1.82, 2.24) is 15.2 Å². The molecule has 0 aliphatic carbocycles. The normalized spacial score (nSPS) is 20.2. The van der Waals surface area contributed by atoms with Gasteiger partial charge in [-0.3, -0.25) is 4.90 Å². The smallest absolute Gasteiger partial charge is 0.140 e. The first-order chi connectivity index (χ1) is 9.98. The van der Waals surface area contributed by atoms with Crippen LogP contribution < -0.4 is 5.32 Å². The maximum atomic E-state index is 8.96. The van der Waals surface area contributed by atoms with Crippen molar-refractivity contribution in [3.05, 3.63) is 29.6 Å². The second kappa shape index (κ2) is 7.02. The molecule has 2 heterocycles. The van der Waals surface area contributed by atoms with Crippen molar-refractivity contribution in [2.75, 3.05) is 13.1 Å². The first-order valence-electron chi connectivity index (χ1n) is 7.82. The predicted molar refractivity (Wildman–Crippen MR) is 84.8 cm³/mol. The van der Waals surface area contributed by atoms with Gasteiger partial charge in [0.05, 0.1) is 0 Å². The van der Waals surface area contributed by atoms with Crippen molar-refractivity contribution in [1.29, 1.82) is 5.26 Å². The third-order valence-corrected chi connectivity index (χ3v) is 3.94. The van der Waals surface area contributed by atoms with Crippen LogP contribution >= 0.6 is 0 Å². The van der Waals surface area contributed by atoms with E-state index in [1.165, 1.54) is 24.8 Å². The molecule has 114 valence electrons. The number of piperidine rings is 1. The van der Waals surface area contributed by atoms with Crippen LogP contribution in [-0.2, 0) is 6.54 Å². The summed E-state index contributed by atoms with van der Waals surface area (Å²) >= 11 is 0. The average molecular weight is 286 g/mol. The number of hydrogen-bond donors (Lipinski definition) is 1. The summed E-state index contributed by atoms with van der Waals surface area (Å²) in [6.07, 6.45) is 5.56. The van der Waals surface area contributed by atoms with E-state index in [0.29, 0.717) is 11.7 Å². The molecule has 0 radical (unpaired) electrons. The Hall–Kier alpha value is -1.44. The van der Waals surface area contributed by atoms with Crippen LogP contribution in [0.3, 0.4) is 0 Å². The van der Waals surface area contributed by atoms with Gasteiger partial charge in [0, 0.05) is 30.9 Å². The van der Waals surface area contributed by atoms with Crippen molar-refractivity contribution in [2.45, 2.75) is 58.2 Å². The van der Waals surface area contributed by atoms with E-state index in [4.69, 9.17) is 5.26 Å². The highest BCUT2D eigenvalue weighted by molar-refractivity contribution is 5.25. The molecule has 0 saturated carbocycles. The Morgan fingerprint density at radius 1 is 1.43 bits per heavy atom. The first kappa shape index (κ1) is 15.9. The van der Waals surface area contributed by atoms with Crippen molar-refractivity contribution < 1.29 is 0 Å². The fraction of sp³-hybridized carbons (Fsp3) is 0.647. The third kappa shape index (κ3) is 5.11. The summed E-state index contributed by atoms with van der Waals surface area (Å²) in [5, 5.41) is 12.6. The van der Waals surface area contributed by atoms with Gasteiger partial charge >= 0.3 is 0 Å². The van der Waals surface area contributed by atoms with Crippen molar-refractivity contribution in [3.63, 3.8) is 0 Å². The van der Waals surface area contributed by atoms with Gasteiger partial charge in [0.15, 0.2) is 0 Å². The Morgan fingerprint density at radius 2 is 2.24 bits per heavy atom. The van der Waals surface area contributed by atoms with Gasteiger partial charge in [0.1, 0.15) is 11.8 Å². The van der Waals surface area contributed by atoms with Crippen LogP contribution in [0.5, 0.6) is 0 Å². The summed E-state index contributed by atoms with van der Waals surface area (Å²) in [6.45, 7) is 9.71. The molecule has 2 rings (SSSR count). The molecule has 0 spiro atoms. The third-order valence-electron chi connectivity index (χ3n) is 3.94. The van der Waals surface area contributed by atoms with Gasteiger partial charge in [-0.2, -0.15) is 5.26 Å². The standard InChI is InChI=1S/C17H26N4/c1-17(2,3)20-12-16-6-4-5-9-21(16)13-14-7-8-19-15(10-14)11-18/h7-8,10,16,20H,4-6,9,12-13H2,1-3H3. The van der Waals surface area contributed by atoms with E-state index in [1.807, 2.05) is 12.1 Å². The zero-order chi connectivity index (χ0) is 15.3. The Balaban J connectivity index is 1.99. The van der Waals surface area contributed by atoms with Gasteiger partial charge in [-0.05, 0) is 57.9 Å². The number of hydrogen-bond acceptors (Lipinski definition) is 4. The van der Waals surface area contributed by atoms with Crippen LogP contribution in [0.4, 0.5) is 0 Å². The molecule has 21 heavy (non-hydrogen) atoms. The molecule has 4 nitrogen and oxygen atoms in total. The molecule has 1 unspecified atom stereocenters. The molecule has 1 atom stereocenters. The van der Waals surface area contributed by atoms with Crippen LogP contribution in [0.15, 0.2) is 18.3 Å². The number of nitrogens with one attached hydrogen (secondary N) is 1. The molecule has 0 bridgehead atoms. The quantitative estimate of drug-likeness (QED) is 0.924. The maximum Gasteiger partial charge on any atom is 0.140 e. The van der Waals surface area contributed by atoms with Gasteiger partial charge in [-0.15, -0.1) is 0 Å². The number of likely N-dealkylation sites (tertiary alicyclic amines) is 1. The van der Waals surface area contributed by atoms with E-state index in [0.717, 1.165) is 19.6 Å². The SMILES string of the molecule is CC(C)(C)NCC1CCCCN1Cc1ccnc(C#N)c1. The molecular formula is C17H26N4. The van der Waals surface area contributed by atoms with Gasteiger partial charge in [-0.1, -0.05) is 6.42 Å². The van der Waals surface area contributed by atoms with Crippen LogP contribution in [-0.4, -0.2) is 34.6 Å². The molecule has 1 saturated heterocycles. The van der Waals surface area contributed by atoms with Crippen LogP contribution in [0.1, 0.15) is 51.3 Å². The second-order valence-electron chi connectivity index (χ2n) is 6.91. The molecule has 4 heteroatoms. The first-order valence-corrected chi connectivity index (χ1v) is 7.82. The summed E-state index contributed by atoms with van der Waals surface area (Å²) in [7, 11) is 0. The van der Waals surface area contributed by atoms with E-state index in [2.05, 4.69) is 42.0 Å². The minimum absolute atomic E-state index is 0.160. The Morgan fingerprint density at radius 3 is 2.95 bits per heavy atom. The lowest BCUT2D eigenvalue weighted by Crippen LogP contribution is -2.49. The number of pyridine rings is 1. The topological polar surface area (TPSA) is 52.0 Å². The molecular weight excluding hydrogens is 260 g/mol. The van der Waals surface area contributed by atoms with E-state index in [1.54, 1.807) is 6.20 Å². The summed E-state index contributed by atoms with van der Waals surface area (Å²) in [4.78, 5) is 6.59. The molecule has 1 N–H and O–H groups in total. The number of nitriles is 1. The van der Waals surface area contributed by atoms with E-state index in [-0.39, 0.29) is 5.54 Å². The zero-order valence-corrected chi connectivity index (χ0v) is 13.4. The van der Waals surface area contributed by atoms with Crippen LogP contribution in [0, 0.1) is 11.3 Å². The minimum atomic E-state index is 0.160. The number of rotatable bonds is 4. The molecule has 1 aromatic rings. The van der Waals surface area contributed by atoms with E-state index in [9.17, 15) is 0 Å². The average Bonchev–Trinajstić information content (AvgIpc) is 2.46. The number of nitrogens with zero attached hydrogens (tertiary/aromatic N) is 3. The van der Waals surface area contributed by atoms with E-state index < -0.39 is 0 Å². The molecule has 1 aromatic heterocycles. The molecule has 1 fully saturated rings. The highest BCUT2D eigenvalue weighted by Crippen LogP contribution is 2.20. The largest absolute Gasteiger partial charge is 0.311 e. The van der Waals surface area contributed by atoms with Crippen molar-refractivity contribution >= 4 is 0 Å². The highest BCUT2D eigenvalue weighted by Gasteiger charge is 2.23. The lowest BCUT2D eigenvalue weighted by atomic mass is 9.99. The van der Waals surface area contributed by atoms with Gasteiger partial charge in [0.25, 0.3) is 0 Å². The fourth-order valence-corrected chi connectivity index (χ4v) is 2.79. The van der Waals surface area contributed by atoms with Crippen LogP contribution in [0.2, 0.25) is 0 Å². The van der Waals surface area contributed by atoms with Crippen LogP contribution in [0.25, 0.3) is 0 Å². The molecule has 0 amide bonds. The van der Waals surface area contributed by atoms with Gasteiger partial charge in [0.2, 0.25) is 0 Å². The summed E-state index contributed by atoms with van der Waals surface area (Å²) < 4.78 is 0. The Bertz CT molecular complexity index is 498. The lowest BCUT2D eigenvalue weighted by molar-refractivity contribution is 0.131. The molecule has 0 aromatic carbocycles. The van der Waals surface area contributed by atoms with Crippen molar-refractivity contribution in [2.24, 2.45) is 0 Å². The minimum Gasteiger partial charge on any atom is -0.311 e. The Labute approximate surface area is 128 Å². The van der Waals surface area contributed by atoms with E-state index >= 15 is 0 Å². The summed E-state index contributed by atoms with van der Waals surface area (Å²) in [5.41, 5.74) is 1.85. The summed E-state index contributed by atoms with van der Waals surface area (Å²) in [5.74, 6) is 0. The summed E-state index contributed by atoms with van der Waals surface area (Å²) in [6, 6.07) is 6.62. The molecule has 1 aliphatic rings.